The number of rotatable bonds is 1. The van der Waals surface area contributed by atoms with E-state index in [1.54, 1.807) is 0 Å². The molecule has 1 heterocycles. The second-order valence-electron chi connectivity index (χ2n) is 4.01. The Labute approximate surface area is 80.0 Å². The van der Waals surface area contributed by atoms with Gasteiger partial charge in [-0.15, -0.1) is 0 Å². The lowest BCUT2D eigenvalue weighted by Gasteiger charge is -2.33. The number of nitrogens with zero attached hydrogens (tertiary/aromatic N) is 1. The van der Waals surface area contributed by atoms with Crippen LogP contribution in [-0.4, -0.2) is 23.3 Å². The van der Waals surface area contributed by atoms with Crippen LogP contribution in [0.2, 0.25) is 0 Å². The number of hydroxylamine groups is 1. The van der Waals surface area contributed by atoms with Crippen molar-refractivity contribution in [3.05, 3.63) is 5.21 Å². The summed E-state index contributed by atoms with van der Waals surface area (Å²) in [5.41, 5.74) is 3.25. The topological polar surface area (TPSA) is 52.1 Å². The van der Waals surface area contributed by atoms with Crippen molar-refractivity contribution in [3.63, 3.8) is 0 Å². The molecule has 1 rings (SSSR count). The summed E-state index contributed by atoms with van der Waals surface area (Å²) in [6, 6.07) is 0. The van der Waals surface area contributed by atoms with E-state index in [4.69, 9.17) is 5.73 Å². The maximum absolute atomic E-state index is 12.8. The number of hydrogen-bond donors (Lipinski definition) is 1. The van der Waals surface area contributed by atoms with Crippen molar-refractivity contribution in [1.29, 1.82) is 0 Å². The molecule has 1 aliphatic heterocycles. The minimum atomic E-state index is -4.38. The van der Waals surface area contributed by atoms with E-state index in [1.165, 1.54) is 13.8 Å². The Morgan fingerprint density at radius 2 is 2.00 bits per heavy atom. The molecule has 1 atom stereocenters. The van der Waals surface area contributed by atoms with Gasteiger partial charge in [-0.25, -0.2) is 0 Å². The van der Waals surface area contributed by atoms with E-state index >= 15 is 0 Å². The van der Waals surface area contributed by atoms with Gasteiger partial charge in [0, 0.05) is 0 Å². The lowest BCUT2D eigenvalue weighted by Crippen LogP contribution is -2.45. The van der Waals surface area contributed by atoms with Crippen LogP contribution in [0.1, 0.15) is 20.3 Å². The van der Waals surface area contributed by atoms with Crippen LogP contribution in [0.3, 0.4) is 0 Å². The molecular weight excluding hydrogens is 197 g/mol. The van der Waals surface area contributed by atoms with Crippen LogP contribution in [0.5, 0.6) is 0 Å². The van der Waals surface area contributed by atoms with E-state index in [2.05, 4.69) is 0 Å². The SMILES string of the molecule is CC(C)C1(C(F)(F)F)CC(N)=[N+]([O-])C1. The first-order valence-corrected chi connectivity index (χ1v) is 4.33. The van der Waals surface area contributed by atoms with Crippen LogP contribution in [0.25, 0.3) is 0 Å². The van der Waals surface area contributed by atoms with Gasteiger partial charge in [0.1, 0.15) is 12.0 Å². The third kappa shape index (κ3) is 1.42. The molecule has 0 amide bonds. The molecule has 0 radical (unpaired) electrons. The summed E-state index contributed by atoms with van der Waals surface area (Å²) >= 11 is 0. The first-order valence-electron chi connectivity index (χ1n) is 4.33. The van der Waals surface area contributed by atoms with E-state index in [-0.39, 0.29) is 10.6 Å². The maximum Gasteiger partial charge on any atom is 0.399 e. The molecule has 0 aliphatic carbocycles. The van der Waals surface area contributed by atoms with Crippen molar-refractivity contribution in [2.75, 3.05) is 6.54 Å². The smallest absolute Gasteiger partial charge is 0.399 e. The highest BCUT2D eigenvalue weighted by molar-refractivity contribution is 5.77. The van der Waals surface area contributed by atoms with E-state index in [1.807, 2.05) is 0 Å². The van der Waals surface area contributed by atoms with Crippen LogP contribution in [-0.2, 0) is 0 Å². The molecule has 0 spiro atoms. The summed E-state index contributed by atoms with van der Waals surface area (Å²) in [7, 11) is 0. The van der Waals surface area contributed by atoms with Crippen LogP contribution < -0.4 is 5.73 Å². The van der Waals surface area contributed by atoms with Crippen molar-refractivity contribution in [3.8, 4) is 0 Å². The molecule has 0 saturated heterocycles. The molecule has 1 aliphatic rings. The second-order valence-corrected chi connectivity index (χ2v) is 4.01. The van der Waals surface area contributed by atoms with Crippen LogP contribution in [0.15, 0.2) is 0 Å². The van der Waals surface area contributed by atoms with Gasteiger partial charge in [-0.3, -0.25) is 10.5 Å². The van der Waals surface area contributed by atoms with Gasteiger partial charge in [0.15, 0.2) is 0 Å². The molecular formula is C8H13F3N2O. The van der Waals surface area contributed by atoms with Gasteiger partial charge in [-0.2, -0.15) is 13.2 Å². The Bertz CT molecular complexity index is 256. The Morgan fingerprint density at radius 3 is 2.14 bits per heavy atom. The van der Waals surface area contributed by atoms with E-state index in [0.717, 1.165) is 0 Å². The molecule has 0 aromatic heterocycles. The van der Waals surface area contributed by atoms with Crippen molar-refractivity contribution >= 4 is 5.84 Å². The molecule has 0 aromatic rings. The molecule has 14 heavy (non-hydrogen) atoms. The summed E-state index contributed by atoms with van der Waals surface area (Å²) in [4.78, 5) is 0. The largest absolute Gasteiger partial charge is 0.715 e. The third-order valence-corrected chi connectivity index (χ3v) is 2.91. The van der Waals surface area contributed by atoms with Gasteiger partial charge >= 0.3 is 6.18 Å². The zero-order valence-electron chi connectivity index (χ0n) is 8.06. The second kappa shape index (κ2) is 3.03. The zero-order valence-corrected chi connectivity index (χ0v) is 8.06. The Kier molecular flexibility index (Phi) is 2.41. The molecule has 0 saturated carbocycles. The van der Waals surface area contributed by atoms with Crippen LogP contribution >= 0.6 is 0 Å². The fourth-order valence-corrected chi connectivity index (χ4v) is 1.73. The Balaban J connectivity index is 3.03. The van der Waals surface area contributed by atoms with Crippen LogP contribution in [0.4, 0.5) is 13.2 Å². The van der Waals surface area contributed by atoms with E-state index in [0.29, 0.717) is 0 Å². The number of nitrogens with two attached hydrogens (primary N) is 1. The highest BCUT2D eigenvalue weighted by Gasteiger charge is 2.61. The van der Waals surface area contributed by atoms with Gasteiger partial charge in [-0.1, -0.05) is 13.8 Å². The molecule has 2 N–H and O–H groups in total. The monoisotopic (exact) mass is 210 g/mol. The van der Waals surface area contributed by atoms with Gasteiger partial charge < -0.3 is 5.21 Å². The van der Waals surface area contributed by atoms with Gasteiger partial charge in [0.25, 0.3) is 0 Å². The van der Waals surface area contributed by atoms with Gasteiger partial charge in [0.2, 0.25) is 5.84 Å². The normalized spacial score (nSPS) is 29.0. The summed E-state index contributed by atoms with van der Waals surface area (Å²) in [6.07, 6.45) is -4.78. The maximum atomic E-state index is 12.8. The van der Waals surface area contributed by atoms with Crippen molar-refractivity contribution in [1.82, 2.24) is 0 Å². The van der Waals surface area contributed by atoms with Crippen molar-refractivity contribution < 1.29 is 17.9 Å². The summed E-state index contributed by atoms with van der Waals surface area (Å²) in [5, 5.41) is 11.0. The van der Waals surface area contributed by atoms with Crippen LogP contribution in [0, 0.1) is 16.5 Å². The molecule has 3 nitrogen and oxygen atoms in total. The van der Waals surface area contributed by atoms with E-state index < -0.39 is 30.5 Å². The Morgan fingerprint density at radius 1 is 1.50 bits per heavy atom. The third-order valence-electron chi connectivity index (χ3n) is 2.91. The van der Waals surface area contributed by atoms with Gasteiger partial charge in [-0.05, 0) is 5.92 Å². The van der Waals surface area contributed by atoms with E-state index in [9.17, 15) is 18.4 Å². The summed E-state index contributed by atoms with van der Waals surface area (Å²) < 4.78 is 38.6. The molecule has 1 unspecified atom stereocenters. The molecule has 0 bridgehead atoms. The summed E-state index contributed by atoms with van der Waals surface area (Å²) in [5.74, 6) is -0.879. The molecule has 0 fully saturated rings. The minimum Gasteiger partial charge on any atom is -0.715 e. The molecule has 82 valence electrons. The van der Waals surface area contributed by atoms with Crippen molar-refractivity contribution in [2.24, 2.45) is 17.1 Å². The number of hydrogen-bond acceptors (Lipinski definition) is 2. The zero-order chi connectivity index (χ0) is 11.1. The average molecular weight is 210 g/mol. The predicted octanol–water partition coefficient (Wildman–Crippen LogP) is 1.46. The highest BCUT2D eigenvalue weighted by Crippen LogP contribution is 2.48. The molecule has 6 heteroatoms. The molecule has 0 aromatic carbocycles. The lowest BCUT2D eigenvalue weighted by atomic mass is 9.75. The standard InChI is InChI=1S/C8H13F3N2O/c1-5(2)7(8(9,10)11)3-6(12)13(14)4-7/h5H,3-4,12H2,1-2H3. The van der Waals surface area contributed by atoms with Crippen molar-refractivity contribution in [2.45, 2.75) is 26.4 Å². The minimum absolute atomic E-state index is 0.226. The summed E-state index contributed by atoms with van der Waals surface area (Å²) in [6.45, 7) is 2.33. The van der Waals surface area contributed by atoms with Gasteiger partial charge in [0.05, 0.1) is 6.42 Å². The predicted molar refractivity (Wildman–Crippen MR) is 45.6 cm³/mol. The lowest BCUT2D eigenvalue weighted by molar-refractivity contribution is -0.478. The number of amidine groups is 1. The number of halogens is 3. The fourth-order valence-electron chi connectivity index (χ4n) is 1.73. The average Bonchev–Trinajstić information content (AvgIpc) is 2.28. The first-order chi connectivity index (χ1) is 6.21. The quantitative estimate of drug-likeness (QED) is 0.526. The Hall–Kier alpha value is -0.940. The fraction of sp³-hybridized carbons (Fsp3) is 0.875. The highest BCUT2D eigenvalue weighted by atomic mass is 19.4. The first kappa shape index (κ1) is 11.1. The number of alkyl halides is 3.